The number of halogens is 2. The first kappa shape index (κ1) is 15.4. The first-order chi connectivity index (χ1) is 10.6. The Bertz CT molecular complexity index is 792. The number of hydrogen-bond acceptors (Lipinski definition) is 3. The number of benzene rings is 2. The van der Waals surface area contributed by atoms with Gasteiger partial charge in [0.2, 0.25) is 0 Å². The summed E-state index contributed by atoms with van der Waals surface area (Å²) in [6.45, 7) is 0. The topological polar surface area (TPSA) is 20.3 Å². The van der Waals surface area contributed by atoms with Gasteiger partial charge in [0.25, 0.3) is 5.91 Å². The monoisotopic (exact) mass is 393 g/mol. The highest BCUT2D eigenvalue weighted by atomic mass is 79.9. The molecule has 2 aromatic carbocycles. The molecule has 1 aliphatic rings. The van der Waals surface area contributed by atoms with E-state index in [9.17, 15) is 9.18 Å². The molecule has 1 saturated heterocycles. The van der Waals surface area contributed by atoms with Crippen LogP contribution in [-0.4, -0.2) is 10.2 Å². The number of rotatable bonds is 2. The summed E-state index contributed by atoms with van der Waals surface area (Å²) in [5.74, 6) is -0.504. The number of nitrogens with zero attached hydrogens (tertiary/aromatic N) is 1. The highest BCUT2D eigenvalue weighted by Gasteiger charge is 2.33. The molecule has 3 rings (SSSR count). The molecule has 0 spiro atoms. The van der Waals surface area contributed by atoms with Crippen LogP contribution in [0.4, 0.5) is 10.1 Å². The van der Waals surface area contributed by atoms with Gasteiger partial charge in [-0.05, 0) is 51.8 Å². The van der Waals surface area contributed by atoms with Gasteiger partial charge in [-0.2, -0.15) is 0 Å². The van der Waals surface area contributed by atoms with Gasteiger partial charge in [-0.3, -0.25) is 9.69 Å². The lowest BCUT2D eigenvalue weighted by molar-refractivity contribution is -0.113. The molecule has 2 aromatic rings. The highest BCUT2D eigenvalue weighted by Crippen LogP contribution is 2.36. The van der Waals surface area contributed by atoms with Crippen LogP contribution in [0.1, 0.15) is 5.56 Å². The minimum atomic E-state index is -0.339. The fourth-order valence-electron chi connectivity index (χ4n) is 2.02. The minimum Gasteiger partial charge on any atom is -0.268 e. The molecular formula is C16H9BrFNOS2. The Kier molecular flexibility index (Phi) is 4.42. The Balaban J connectivity index is 1.93. The minimum absolute atomic E-state index is 0.165. The van der Waals surface area contributed by atoms with E-state index in [0.717, 1.165) is 11.3 Å². The van der Waals surface area contributed by atoms with Crippen molar-refractivity contribution >= 4 is 61.9 Å². The lowest BCUT2D eigenvalue weighted by atomic mass is 10.2. The largest absolute Gasteiger partial charge is 0.270 e. The van der Waals surface area contributed by atoms with Crippen LogP contribution in [-0.2, 0) is 4.79 Å². The fraction of sp³-hybridized carbons (Fsp3) is 0. The zero-order valence-electron chi connectivity index (χ0n) is 11.1. The third kappa shape index (κ3) is 2.99. The van der Waals surface area contributed by atoms with E-state index in [1.807, 2.05) is 30.3 Å². The van der Waals surface area contributed by atoms with Gasteiger partial charge in [0.15, 0.2) is 4.32 Å². The summed E-state index contributed by atoms with van der Waals surface area (Å²) in [6.07, 6.45) is 1.71. The van der Waals surface area contributed by atoms with Crippen molar-refractivity contribution < 1.29 is 9.18 Å². The SMILES string of the molecule is O=C1/C(=C\c2ccc(F)c(Br)c2)SC(=S)N1c1ccccc1. The maximum atomic E-state index is 13.3. The van der Waals surface area contributed by atoms with Crippen molar-refractivity contribution in [2.24, 2.45) is 0 Å². The van der Waals surface area contributed by atoms with Crippen LogP contribution in [0.3, 0.4) is 0 Å². The Morgan fingerprint density at radius 3 is 2.59 bits per heavy atom. The third-order valence-electron chi connectivity index (χ3n) is 3.05. The van der Waals surface area contributed by atoms with Gasteiger partial charge < -0.3 is 0 Å². The van der Waals surface area contributed by atoms with Crippen molar-refractivity contribution in [2.75, 3.05) is 4.90 Å². The predicted molar refractivity (Wildman–Crippen MR) is 96.2 cm³/mol. The molecule has 1 aliphatic heterocycles. The van der Waals surface area contributed by atoms with E-state index in [0.29, 0.717) is 13.7 Å². The van der Waals surface area contributed by atoms with Gasteiger partial charge in [-0.25, -0.2) is 4.39 Å². The highest BCUT2D eigenvalue weighted by molar-refractivity contribution is 9.10. The molecule has 1 amide bonds. The lowest BCUT2D eigenvalue weighted by Gasteiger charge is -2.13. The van der Waals surface area contributed by atoms with E-state index in [-0.39, 0.29) is 11.7 Å². The molecule has 0 saturated carbocycles. The zero-order valence-corrected chi connectivity index (χ0v) is 14.3. The van der Waals surface area contributed by atoms with E-state index < -0.39 is 0 Å². The molecular weight excluding hydrogens is 385 g/mol. The van der Waals surface area contributed by atoms with Gasteiger partial charge in [0, 0.05) is 0 Å². The van der Waals surface area contributed by atoms with Crippen LogP contribution in [0.25, 0.3) is 6.08 Å². The van der Waals surface area contributed by atoms with Crippen LogP contribution in [0, 0.1) is 5.82 Å². The first-order valence-corrected chi connectivity index (χ1v) is 8.36. The summed E-state index contributed by atoms with van der Waals surface area (Å²) in [7, 11) is 0. The van der Waals surface area contributed by atoms with Gasteiger partial charge >= 0.3 is 0 Å². The van der Waals surface area contributed by atoms with E-state index in [4.69, 9.17) is 12.2 Å². The Morgan fingerprint density at radius 1 is 1.18 bits per heavy atom. The molecule has 6 heteroatoms. The number of thiocarbonyl (C=S) groups is 1. The predicted octanol–water partition coefficient (Wildman–Crippen LogP) is 4.99. The molecule has 0 bridgehead atoms. The van der Waals surface area contributed by atoms with Gasteiger partial charge in [0.1, 0.15) is 5.82 Å². The second-order valence-corrected chi connectivity index (χ2v) is 7.06. The van der Waals surface area contributed by atoms with E-state index in [1.165, 1.54) is 22.7 Å². The second kappa shape index (κ2) is 6.32. The van der Waals surface area contributed by atoms with Crippen molar-refractivity contribution in [1.82, 2.24) is 0 Å². The Labute approximate surface area is 145 Å². The lowest BCUT2D eigenvalue weighted by Crippen LogP contribution is -2.27. The molecule has 1 fully saturated rings. The smallest absolute Gasteiger partial charge is 0.268 e. The maximum Gasteiger partial charge on any atom is 0.270 e. The number of para-hydroxylation sites is 1. The van der Waals surface area contributed by atoms with Crippen LogP contribution >= 0.6 is 39.9 Å². The summed E-state index contributed by atoms with van der Waals surface area (Å²) in [4.78, 5) is 14.6. The van der Waals surface area contributed by atoms with Crippen molar-refractivity contribution in [3.63, 3.8) is 0 Å². The van der Waals surface area contributed by atoms with Gasteiger partial charge in [-0.15, -0.1) is 0 Å². The number of anilines is 1. The maximum absolute atomic E-state index is 13.3. The quantitative estimate of drug-likeness (QED) is 0.529. The van der Waals surface area contributed by atoms with Crippen molar-refractivity contribution in [3.8, 4) is 0 Å². The molecule has 22 heavy (non-hydrogen) atoms. The summed E-state index contributed by atoms with van der Waals surface area (Å²) in [5.41, 5.74) is 1.48. The number of thioether (sulfide) groups is 1. The van der Waals surface area contributed by atoms with Crippen LogP contribution in [0.2, 0.25) is 0 Å². The summed E-state index contributed by atoms with van der Waals surface area (Å²) >= 11 is 9.68. The fourth-order valence-corrected chi connectivity index (χ4v) is 3.72. The van der Waals surface area contributed by atoms with Crippen LogP contribution in [0.15, 0.2) is 57.9 Å². The third-order valence-corrected chi connectivity index (χ3v) is 4.96. The number of amides is 1. The molecule has 0 radical (unpaired) electrons. The number of hydrogen-bond donors (Lipinski definition) is 0. The van der Waals surface area contributed by atoms with Crippen molar-refractivity contribution in [2.45, 2.75) is 0 Å². The first-order valence-electron chi connectivity index (χ1n) is 6.34. The summed E-state index contributed by atoms with van der Waals surface area (Å²) in [5, 5.41) is 0. The molecule has 0 N–H and O–H groups in total. The van der Waals surface area contributed by atoms with Gasteiger partial charge in [-0.1, -0.05) is 48.2 Å². The Morgan fingerprint density at radius 2 is 1.91 bits per heavy atom. The molecule has 110 valence electrons. The second-order valence-electron chi connectivity index (χ2n) is 4.53. The molecule has 1 heterocycles. The molecule has 0 aliphatic carbocycles. The Hall–Kier alpha value is -1.50. The van der Waals surface area contributed by atoms with E-state index >= 15 is 0 Å². The number of carbonyl (C=O) groups excluding carboxylic acids is 1. The normalized spacial score (nSPS) is 16.6. The molecule has 0 aromatic heterocycles. The van der Waals surface area contributed by atoms with Crippen LogP contribution < -0.4 is 4.90 Å². The van der Waals surface area contributed by atoms with Crippen molar-refractivity contribution in [3.05, 3.63) is 69.3 Å². The number of carbonyl (C=O) groups is 1. The summed E-state index contributed by atoms with van der Waals surface area (Å²) < 4.78 is 14.1. The van der Waals surface area contributed by atoms with E-state index in [2.05, 4.69) is 15.9 Å². The van der Waals surface area contributed by atoms with Gasteiger partial charge in [0.05, 0.1) is 15.1 Å². The molecule has 2 nitrogen and oxygen atoms in total. The van der Waals surface area contributed by atoms with Crippen molar-refractivity contribution in [1.29, 1.82) is 0 Å². The summed E-state index contributed by atoms with van der Waals surface area (Å²) in [6, 6.07) is 13.9. The average Bonchev–Trinajstić information content (AvgIpc) is 2.78. The standard InChI is InChI=1S/C16H9BrFNOS2/c17-12-8-10(6-7-13(12)18)9-14-15(20)19(16(21)22-14)11-4-2-1-3-5-11/h1-9H/b14-9+. The molecule has 0 atom stereocenters. The van der Waals surface area contributed by atoms with E-state index in [1.54, 1.807) is 18.2 Å². The molecule has 0 unspecified atom stereocenters. The zero-order chi connectivity index (χ0) is 15.7. The average molecular weight is 394 g/mol. The van der Waals surface area contributed by atoms with Crippen LogP contribution in [0.5, 0.6) is 0 Å².